The molecule has 2 aromatic heterocycles. The molecular formula is C22H30N4O2S. The molecule has 7 heteroatoms. The molecule has 1 saturated carbocycles. The summed E-state index contributed by atoms with van der Waals surface area (Å²) in [6.07, 6.45) is 8.11. The van der Waals surface area contributed by atoms with Crippen LogP contribution in [0.2, 0.25) is 0 Å². The molecule has 0 unspecified atom stereocenters. The highest BCUT2D eigenvalue weighted by atomic mass is 32.1. The number of methoxy groups -OCH3 is 1. The third-order valence-electron chi connectivity index (χ3n) is 6.16. The minimum atomic E-state index is 0.137. The summed E-state index contributed by atoms with van der Waals surface area (Å²) in [6, 6.07) is 6.13. The van der Waals surface area contributed by atoms with E-state index >= 15 is 0 Å². The van der Waals surface area contributed by atoms with Crippen molar-refractivity contribution in [3.63, 3.8) is 0 Å². The number of amides is 1. The number of anilines is 2. The first kappa shape index (κ1) is 20.3. The minimum Gasteiger partial charge on any atom is -0.381 e. The van der Waals surface area contributed by atoms with E-state index in [2.05, 4.69) is 27.3 Å². The van der Waals surface area contributed by atoms with Crippen LogP contribution in [0.15, 0.2) is 24.4 Å². The number of thiazole rings is 1. The molecule has 2 aromatic rings. The van der Waals surface area contributed by atoms with Crippen LogP contribution in [0.4, 0.5) is 10.9 Å². The number of carbonyl (C=O) groups excluding carboxylic acids is 1. The van der Waals surface area contributed by atoms with Crippen molar-refractivity contribution in [3.8, 4) is 0 Å². The van der Waals surface area contributed by atoms with Gasteiger partial charge in [-0.1, -0.05) is 12.5 Å². The van der Waals surface area contributed by atoms with Crippen LogP contribution >= 0.6 is 11.3 Å². The predicted molar refractivity (Wildman–Crippen MR) is 116 cm³/mol. The summed E-state index contributed by atoms with van der Waals surface area (Å²) in [7, 11) is 1.76. The lowest BCUT2D eigenvalue weighted by Gasteiger charge is -2.36. The second kappa shape index (κ2) is 9.22. The van der Waals surface area contributed by atoms with Gasteiger partial charge in [0.05, 0.1) is 6.10 Å². The standard InChI is InChI=1S/C22H30N4O2S/c1-15-14-23-22(29-15)25-20-8-4-7-19(24-20)16-9-11-26(12-10-16)21(27)17-5-3-6-18(13-17)28-2/h4,7-8,14,16-18H,3,5-6,9-13H2,1-2H3,(H,23,24,25)/t17-,18-/m1/s1. The van der Waals surface area contributed by atoms with E-state index in [0.717, 1.165) is 68.3 Å². The van der Waals surface area contributed by atoms with Crippen LogP contribution in [0.1, 0.15) is 55.0 Å². The average molecular weight is 415 g/mol. The number of carbonyl (C=O) groups is 1. The molecule has 4 rings (SSSR count). The number of hydrogen-bond donors (Lipinski definition) is 1. The van der Waals surface area contributed by atoms with E-state index in [1.165, 1.54) is 4.88 Å². The van der Waals surface area contributed by atoms with Gasteiger partial charge in [-0.3, -0.25) is 4.79 Å². The number of piperidine rings is 1. The average Bonchev–Trinajstić information content (AvgIpc) is 3.18. The van der Waals surface area contributed by atoms with Gasteiger partial charge in [-0.15, -0.1) is 11.3 Å². The molecule has 0 bridgehead atoms. The van der Waals surface area contributed by atoms with Crippen LogP contribution in [-0.2, 0) is 9.53 Å². The number of ether oxygens (including phenoxy) is 1. The Kier molecular flexibility index (Phi) is 6.45. The van der Waals surface area contributed by atoms with Crippen molar-refractivity contribution < 1.29 is 9.53 Å². The molecule has 0 aromatic carbocycles. The molecule has 1 saturated heterocycles. The minimum absolute atomic E-state index is 0.137. The second-order valence-electron chi connectivity index (χ2n) is 8.17. The zero-order valence-corrected chi connectivity index (χ0v) is 18.1. The van der Waals surface area contributed by atoms with Gasteiger partial charge >= 0.3 is 0 Å². The zero-order chi connectivity index (χ0) is 20.2. The Morgan fingerprint density at radius 1 is 1.24 bits per heavy atom. The van der Waals surface area contributed by atoms with Gasteiger partial charge in [-0.05, 0) is 51.2 Å². The van der Waals surface area contributed by atoms with Crippen LogP contribution in [0.5, 0.6) is 0 Å². The largest absolute Gasteiger partial charge is 0.381 e. The van der Waals surface area contributed by atoms with Crippen molar-refractivity contribution in [2.45, 2.75) is 57.5 Å². The third-order valence-corrected chi connectivity index (χ3v) is 6.99. The smallest absolute Gasteiger partial charge is 0.225 e. The number of pyridine rings is 1. The number of aryl methyl sites for hydroxylation is 1. The maximum absolute atomic E-state index is 13.0. The van der Waals surface area contributed by atoms with Gasteiger partial charge in [0.1, 0.15) is 5.82 Å². The number of aromatic nitrogens is 2. The second-order valence-corrected chi connectivity index (χ2v) is 9.40. The highest BCUT2D eigenvalue weighted by Crippen LogP contribution is 2.32. The van der Waals surface area contributed by atoms with Crippen LogP contribution in [0.25, 0.3) is 0 Å². The van der Waals surface area contributed by atoms with Gasteiger partial charge in [0.25, 0.3) is 0 Å². The number of hydrogen-bond acceptors (Lipinski definition) is 6. The van der Waals surface area contributed by atoms with Crippen molar-refractivity contribution in [2.75, 3.05) is 25.5 Å². The van der Waals surface area contributed by atoms with E-state index in [-0.39, 0.29) is 12.0 Å². The summed E-state index contributed by atoms with van der Waals surface area (Å²) in [5.41, 5.74) is 1.10. The highest BCUT2D eigenvalue weighted by molar-refractivity contribution is 7.15. The van der Waals surface area contributed by atoms with E-state index in [9.17, 15) is 4.79 Å². The number of likely N-dealkylation sites (tertiary alicyclic amines) is 1. The third kappa shape index (κ3) is 4.95. The van der Waals surface area contributed by atoms with Gasteiger partial charge in [0.15, 0.2) is 5.13 Å². The SMILES string of the molecule is CO[C@@H]1CCC[C@@H](C(=O)N2CCC(c3cccc(Nc4ncc(C)s4)n3)CC2)C1. The van der Waals surface area contributed by atoms with Crippen molar-refractivity contribution >= 4 is 28.2 Å². The van der Waals surface area contributed by atoms with E-state index in [4.69, 9.17) is 9.72 Å². The van der Waals surface area contributed by atoms with Gasteiger partial charge in [0, 0.05) is 48.8 Å². The van der Waals surface area contributed by atoms with Gasteiger partial charge in [0.2, 0.25) is 5.91 Å². The molecule has 2 atom stereocenters. The summed E-state index contributed by atoms with van der Waals surface area (Å²) in [5, 5.41) is 4.17. The van der Waals surface area contributed by atoms with Crippen LogP contribution < -0.4 is 5.32 Å². The zero-order valence-electron chi connectivity index (χ0n) is 17.3. The molecule has 3 heterocycles. The normalized spacial score (nSPS) is 23.2. The highest BCUT2D eigenvalue weighted by Gasteiger charge is 2.32. The molecule has 1 N–H and O–H groups in total. The molecule has 1 aliphatic heterocycles. The van der Waals surface area contributed by atoms with Crippen LogP contribution in [0.3, 0.4) is 0 Å². The van der Waals surface area contributed by atoms with E-state index in [1.807, 2.05) is 19.2 Å². The maximum Gasteiger partial charge on any atom is 0.225 e. The summed E-state index contributed by atoms with van der Waals surface area (Å²) in [4.78, 5) is 25.4. The van der Waals surface area contributed by atoms with Crippen molar-refractivity contribution in [1.29, 1.82) is 0 Å². The lowest BCUT2D eigenvalue weighted by molar-refractivity contribution is -0.139. The Hall–Kier alpha value is -1.99. The molecule has 2 fully saturated rings. The predicted octanol–water partition coefficient (Wildman–Crippen LogP) is 4.50. The molecule has 0 radical (unpaired) electrons. The molecule has 6 nitrogen and oxygen atoms in total. The Morgan fingerprint density at radius 2 is 2.07 bits per heavy atom. The van der Waals surface area contributed by atoms with Crippen LogP contribution in [-0.4, -0.2) is 47.1 Å². The maximum atomic E-state index is 13.0. The first-order valence-electron chi connectivity index (χ1n) is 10.6. The Balaban J connectivity index is 1.33. The molecule has 1 aliphatic carbocycles. The summed E-state index contributed by atoms with van der Waals surface area (Å²) >= 11 is 1.63. The van der Waals surface area contributed by atoms with E-state index in [0.29, 0.717) is 11.8 Å². The Labute approximate surface area is 176 Å². The van der Waals surface area contributed by atoms with Gasteiger partial charge < -0.3 is 15.0 Å². The quantitative estimate of drug-likeness (QED) is 0.780. The summed E-state index contributed by atoms with van der Waals surface area (Å²) in [6.45, 7) is 3.69. The van der Waals surface area contributed by atoms with Crippen molar-refractivity contribution in [2.24, 2.45) is 5.92 Å². The molecule has 0 spiro atoms. The van der Waals surface area contributed by atoms with Crippen molar-refractivity contribution in [1.82, 2.24) is 14.9 Å². The first-order valence-corrected chi connectivity index (χ1v) is 11.4. The molecule has 2 aliphatic rings. The monoisotopic (exact) mass is 414 g/mol. The topological polar surface area (TPSA) is 67.3 Å². The Bertz CT molecular complexity index is 832. The first-order chi connectivity index (χ1) is 14.1. The van der Waals surface area contributed by atoms with Crippen LogP contribution in [0, 0.1) is 12.8 Å². The fourth-order valence-electron chi connectivity index (χ4n) is 4.51. The molecule has 29 heavy (non-hydrogen) atoms. The van der Waals surface area contributed by atoms with Gasteiger partial charge in [-0.2, -0.15) is 0 Å². The summed E-state index contributed by atoms with van der Waals surface area (Å²) in [5.74, 6) is 1.70. The summed E-state index contributed by atoms with van der Waals surface area (Å²) < 4.78 is 5.50. The number of nitrogens with zero attached hydrogens (tertiary/aromatic N) is 3. The molecule has 156 valence electrons. The fraction of sp³-hybridized carbons (Fsp3) is 0.591. The number of nitrogens with one attached hydrogen (secondary N) is 1. The van der Waals surface area contributed by atoms with E-state index < -0.39 is 0 Å². The van der Waals surface area contributed by atoms with Crippen molar-refractivity contribution in [3.05, 3.63) is 35.0 Å². The lowest BCUT2D eigenvalue weighted by atomic mass is 9.85. The van der Waals surface area contributed by atoms with E-state index in [1.54, 1.807) is 18.4 Å². The Morgan fingerprint density at radius 3 is 2.79 bits per heavy atom. The fourth-order valence-corrected chi connectivity index (χ4v) is 5.18. The lowest BCUT2D eigenvalue weighted by Crippen LogP contribution is -2.43. The van der Waals surface area contributed by atoms with Gasteiger partial charge in [-0.25, -0.2) is 9.97 Å². The molecular weight excluding hydrogens is 384 g/mol. The number of rotatable bonds is 5. The molecule has 1 amide bonds.